The molecule has 6 nitrogen and oxygen atoms in total. The summed E-state index contributed by atoms with van der Waals surface area (Å²) in [6.45, 7) is 6.05. The van der Waals surface area contributed by atoms with E-state index in [1.165, 1.54) is 11.8 Å². The minimum Gasteiger partial charge on any atom is -0.324 e. The van der Waals surface area contributed by atoms with Crippen LogP contribution < -0.4 is 10.2 Å². The highest BCUT2D eigenvalue weighted by atomic mass is 32.2. The molecule has 30 heavy (non-hydrogen) atoms. The molecule has 1 N–H and O–H groups in total. The maximum Gasteiger partial charge on any atom is 0.244 e. The molecule has 2 atom stereocenters. The van der Waals surface area contributed by atoms with Crippen molar-refractivity contribution < 1.29 is 13.2 Å². The summed E-state index contributed by atoms with van der Waals surface area (Å²) in [6.07, 6.45) is 0. The van der Waals surface area contributed by atoms with Crippen molar-refractivity contribution in [2.24, 2.45) is 4.99 Å². The fourth-order valence-electron chi connectivity index (χ4n) is 3.87. The maximum absolute atomic E-state index is 13.0. The second kappa shape index (κ2) is 8.07. The van der Waals surface area contributed by atoms with E-state index in [2.05, 4.69) is 5.32 Å². The fraction of sp³-hybridized carbons (Fsp3) is 0.364. The highest BCUT2D eigenvalue weighted by Crippen LogP contribution is 2.37. The molecule has 2 aromatic rings. The molecule has 2 aromatic carbocycles. The molecule has 2 aliphatic rings. The molecular formula is C22H25N3O3S2. The minimum absolute atomic E-state index is 0.0704. The van der Waals surface area contributed by atoms with Crippen LogP contribution in [0, 0.1) is 20.8 Å². The summed E-state index contributed by atoms with van der Waals surface area (Å²) in [5.41, 5.74) is 4.81. The first-order chi connectivity index (χ1) is 14.2. The predicted octanol–water partition coefficient (Wildman–Crippen LogP) is 3.33. The molecule has 8 heteroatoms. The molecule has 0 unspecified atom stereocenters. The number of nitrogens with zero attached hydrogens (tertiary/aromatic N) is 2. The average molecular weight is 444 g/mol. The van der Waals surface area contributed by atoms with Crippen LogP contribution in [0.5, 0.6) is 0 Å². The standard InChI is InChI=1S/C22H25N3O3S2/c1-14-6-4-9-17(10-14)25(22-23-18-12-30(27,28)13-19(18)29-22)11-20(26)24-21-15(2)7-5-8-16(21)3/h4-10,18-19H,11-13H2,1-3H3,(H,24,26)/t18-,19-/m0/s1. The number of carbonyl (C=O) groups is 1. The van der Waals surface area contributed by atoms with Crippen LogP contribution in [0.25, 0.3) is 0 Å². The molecule has 0 radical (unpaired) electrons. The number of rotatable bonds is 4. The van der Waals surface area contributed by atoms with Crippen molar-refractivity contribution in [2.75, 3.05) is 28.3 Å². The Kier molecular flexibility index (Phi) is 5.63. The van der Waals surface area contributed by atoms with Crippen LogP contribution in [0.4, 0.5) is 11.4 Å². The molecule has 0 saturated carbocycles. The molecule has 158 valence electrons. The van der Waals surface area contributed by atoms with E-state index < -0.39 is 9.84 Å². The van der Waals surface area contributed by atoms with E-state index in [9.17, 15) is 13.2 Å². The number of amides is 1. The molecule has 0 aliphatic carbocycles. The van der Waals surface area contributed by atoms with E-state index in [-0.39, 0.29) is 35.2 Å². The number of hydrogen-bond acceptors (Lipinski definition) is 6. The van der Waals surface area contributed by atoms with Crippen molar-refractivity contribution in [3.63, 3.8) is 0 Å². The number of carbonyl (C=O) groups excluding carboxylic acids is 1. The van der Waals surface area contributed by atoms with Crippen molar-refractivity contribution in [3.8, 4) is 0 Å². The second-order valence-electron chi connectivity index (χ2n) is 7.95. The number of aliphatic imine (C=N–C) groups is 1. The van der Waals surface area contributed by atoms with E-state index >= 15 is 0 Å². The Bertz CT molecular complexity index is 1110. The molecule has 4 rings (SSSR count). The third-order valence-electron chi connectivity index (χ3n) is 5.40. The zero-order valence-corrected chi connectivity index (χ0v) is 18.9. The number of fused-ring (bicyclic) bond motifs is 1. The lowest BCUT2D eigenvalue weighted by molar-refractivity contribution is -0.114. The number of anilines is 2. The first kappa shape index (κ1) is 20.9. The number of benzene rings is 2. The van der Waals surface area contributed by atoms with Gasteiger partial charge in [0.1, 0.15) is 6.54 Å². The van der Waals surface area contributed by atoms with E-state index in [4.69, 9.17) is 4.99 Å². The van der Waals surface area contributed by atoms with Gasteiger partial charge in [-0.1, -0.05) is 42.1 Å². The van der Waals surface area contributed by atoms with Crippen LogP contribution in [0.3, 0.4) is 0 Å². The van der Waals surface area contributed by atoms with Gasteiger partial charge in [0.2, 0.25) is 5.91 Å². The fourth-order valence-corrected chi connectivity index (χ4v) is 7.65. The Balaban J connectivity index is 1.60. The van der Waals surface area contributed by atoms with Gasteiger partial charge < -0.3 is 10.2 Å². The number of thioether (sulfide) groups is 1. The molecule has 1 fully saturated rings. The highest BCUT2D eigenvalue weighted by Gasteiger charge is 2.44. The number of hydrogen-bond donors (Lipinski definition) is 1. The highest BCUT2D eigenvalue weighted by molar-refractivity contribution is 8.15. The summed E-state index contributed by atoms with van der Waals surface area (Å²) >= 11 is 1.46. The average Bonchev–Trinajstić information content (AvgIpc) is 3.16. The van der Waals surface area contributed by atoms with Crippen LogP contribution in [-0.4, -0.2) is 48.8 Å². The number of para-hydroxylation sites is 1. The van der Waals surface area contributed by atoms with Gasteiger partial charge in [0.25, 0.3) is 0 Å². The molecule has 2 aliphatic heterocycles. The molecule has 0 spiro atoms. The number of nitrogens with one attached hydrogen (secondary N) is 1. The number of amidine groups is 1. The van der Waals surface area contributed by atoms with Crippen LogP contribution >= 0.6 is 11.8 Å². The van der Waals surface area contributed by atoms with Gasteiger partial charge in [-0.2, -0.15) is 0 Å². The molecule has 1 saturated heterocycles. The van der Waals surface area contributed by atoms with E-state index in [0.29, 0.717) is 5.17 Å². The van der Waals surface area contributed by atoms with Crippen molar-refractivity contribution in [3.05, 3.63) is 59.2 Å². The number of sulfone groups is 1. The minimum atomic E-state index is -3.02. The third-order valence-corrected chi connectivity index (χ3v) is 8.64. The maximum atomic E-state index is 13.0. The van der Waals surface area contributed by atoms with Crippen molar-refractivity contribution >= 4 is 44.0 Å². The van der Waals surface area contributed by atoms with Crippen LogP contribution in [0.2, 0.25) is 0 Å². The molecule has 2 heterocycles. The lowest BCUT2D eigenvalue weighted by atomic mass is 10.1. The van der Waals surface area contributed by atoms with E-state index in [0.717, 1.165) is 28.1 Å². The van der Waals surface area contributed by atoms with Gasteiger partial charge in [0.15, 0.2) is 15.0 Å². The van der Waals surface area contributed by atoms with Crippen LogP contribution in [-0.2, 0) is 14.6 Å². The Morgan fingerprint density at radius 1 is 1.13 bits per heavy atom. The summed E-state index contributed by atoms with van der Waals surface area (Å²) in [7, 11) is -3.02. The van der Waals surface area contributed by atoms with Gasteiger partial charge in [-0.25, -0.2) is 8.42 Å². The summed E-state index contributed by atoms with van der Waals surface area (Å²) in [5.74, 6) is 0.0950. The summed E-state index contributed by atoms with van der Waals surface area (Å²) in [6, 6.07) is 13.6. The largest absolute Gasteiger partial charge is 0.324 e. The Labute approximate surface area is 181 Å². The van der Waals surface area contributed by atoms with Gasteiger partial charge in [-0.15, -0.1) is 0 Å². The summed E-state index contributed by atoms with van der Waals surface area (Å²) in [5, 5.41) is 3.68. The lowest BCUT2D eigenvalue weighted by Crippen LogP contribution is -2.37. The van der Waals surface area contributed by atoms with Crippen molar-refractivity contribution in [1.82, 2.24) is 0 Å². The van der Waals surface area contributed by atoms with Gasteiger partial charge in [-0.05, 0) is 49.6 Å². The molecule has 1 amide bonds. The number of aryl methyl sites for hydroxylation is 3. The van der Waals surface area contributed by atoms with Gasteiger partial charge in [0.05, 0.1) is 17.5 Å². The SMILES string of the molecule is Cc1cccc(N(CC(=O)Nc2c(C)cccc2C)C2=N[C@H]3CS(=O)(=O)C[C@@H]3S2)c1. The van der Waals surface area contributed by atoms with Gasteiger partial charge in [-0.3, -0.25) is 9.79 Å². The van der Waals surface area contributed by atoms with Crippen molar-refractivity contribution in [1.29, 1.82) is 0 Å². The first-order valence-electron chi connectivity index (χ1n) is 9.87. The summed E-state index contributed by atoms with van der Waals surface area (Å²) in [4.78, 5) is 19.6. The van der Waals surface area contributed by atoms with Crippen LogP contribution in [0.1, 0.15) is 16.7 Å². The lowest BCUT2D eigenvalue weighted by Gasteiger charge is -2.25. The molecule has 0 aromatic heterocycles. The zero-order valence-electron chi connectivity index (χ0n) is 17.3. The predicted molar refractivity (Wildman–Crippen MR) is 124 cm³/mol. The van der Waals surface area contributed by atoms with Gasteiger partial charge >= 0.3 is 0 Å². The first-order valence-corrected chi connectivity index (χ1v) is 12.6. The Morgan fingerprint density at radius 2 is 1.83 bits per heavy atom. The zero-order chi connectivity index (χ0) is 21.5. The quantitative estimate of drug-likeness (QED) is 0.784. The van der Waals surface area contributed by atoms with Crippen molar-refractivity contribution in [2.45, 2.75) is 32.1 Å². The Hall–Kier alpha value is -2.32. The van der Waals surface area contributed by atoms with E-state index in [1.54, 1.807) is 0 Å². The second-order valence-corrected chi connectivity index (χ2v) is 11.3. The summed E-state index contributed by atoms with van der Waals surface area (Å²) < 4.78 is 23.8. The monoisotopic (exact) mass is 443 g/mol. The topological polar surface area (TPSA) is 78.8 Å². The smallest absolute Gasteiger partial charge is 0.244 e. The van der Waals surface area contributed by atoms with Gasteiger partial charge in [0, 0.05) is 16.6 Å². The van der Waals surface area contributed by atoms with E-state index in [1.807, 2.05) is 68.1 Å². The normalized spacial score (nSPS) is 21.8. The van der Waals surface area contributed by atoms with Crippen LogP contribution in [0.15, 0.2) is 47.5 Å². The molecule has 0 bridgehead atoms. The molecular weight excluding hydrogens is 418 g/mol. The Morgan fingerprint density at radius 3 is 2.50 bits per heavy atom. The third kappa shape index (κ3) is 4.39.